The number of hydrogen-bond acceptors (Lipinski definition) is 3. The molecule has 0 aliphatic carbocycles. The van der Waals surface area contributed by atoms with Crippen molar-refractivity contribution in [3.63, 3.8) is 0 Å². The normalized spacial score (nSPS) is 10.5. The molecule has 8 heteroatoms. The van der Waals surface area contributed by atoms with Crippen LogP contribution in [0.4, 0.5) is 0 Å². The second-order valence-electron chi connectivity index (χ2n) is 6.71. The Bertz CT molecular complexity index is 1050. The molecular formula is C22H22ClKN2O4. The van der Waals surface area contributed by atoms with E-state index in [0.29, 0.717) is 24.4 Å². The summed E-state index contributed by atoms with van der Waals surface area (Å²) in [4.78, 5) is 27.4. The Morgan fingerprint density at radius 2 is 1.73 bits per heavy atom. The smallest absolute Gasteiger partial charge is 1.00 e. The fourth-order valence-corrected chi connectivity index (χ4v) is 3.54. The number of hydrogen-bond donors (Lipinski definition) is 2. The zero-order chi connectivity index (χ0) is 21.0. The van der Waals surface area contributed by atoms with E-state index in [4.69, 9.17) is 11.6 Å². The minimum atomic E-state index is -1.11. The molecule has 0 aliphatic rings. The van der Waals surface area contributed by atoms with E-state index >= 15 is 0 Å². The van der Waals surface area contributed by atoms with Gasteiger partial charge in [-0.15, -0.1) is 0 Å². The van der Waals surface area contributed by atoms with Crippen LogP contribution in [0, 0.1) is 0 Å². The number of rotatable bonds is 8. The summed E-state index contributed by atoms with van der Waals surface area (Å²) in [6.45, 7) is 2.38. The van der Waals surface area contributed by atoms with E-state index in [1.165, 1.54) is 0 Å². The van der Waals surface area contributed by atoms with Crippen molar-refractivity contribution in [2.75, 3.05) is 0 Å². The maximum Gasteiger partial charge on any atom is 1.00 e. The van der Waals surface area contributed by atoms with Gasteiger partial charge in [0.15, 0.2) is 10.8 Å². The van der Waals surface area contributed by atoms with Crippen LogP contribution in [-0.2, 0) is 13.0 Å². The maximum atomic E-state index is 11.7. The summed E-state index contributed by atoms with van der Waals surface area (Å²) in [6.07, 6.45) is 2.50. The van der Waals surface area contributed by atoms with Crippen molar-refractivity contribution in [1.82, 2.24) is 9.55 Å². The standard InChI is InChI=1S/C22H21ClN2O4.K.H/c1-2-3-8-18-24-20(23)19(22(28)29)25(18)13-14-9-11-15(12-10-14)16-6-4-5-7-17(16)21(26)27;;/h4-7,9-12H,2-3,8,13H2,1H3,(H,26,27)(H,28,29);;/q;+1;-1. The first-order chi connectivity index (χ1) is 13.9. The minimum absolute atomic E-state index is 0. The monoisotopic (exact) mass is 452 g/mol. The number of benzene rings is 2. The SMILES string of the molecule is CCCCc1nc(Cl)c(C(=O)O)n1Cc1ccc(-c2ccccc2C(=O)O)cc1.[H-].[K+]. The average Bonchev–Trinajstić information content (AvgIpc) is 3.02. The Morgan fingerprint density at radius 3 is 2.33 bits per heavy atom. The van der Waals surface area contributed by atoms with Crippen LogP contribution in [0.25, 0.3) is 11.1 Å². The Labute approximate surface area is 223 Å². The largest absolute Gasteiger partial charge is 1.00 e. The summed E-state index contributed by atoms with van der Waals surface area (Å²) in [5, 5.41) is 18.9. The van der Waals surface area contributed by atoms with Gasteiger partial charge in [0.1, 0.15) is 5.82 Å². The Balaban J connectivity index is 0.00000240. The summed E-state index contributed by atoms with van der Waals surface area (Å²) in [7, 11) is 0. The van der Waals surface area contributed by atoms with Crippen LogP contribution in [-0.4, -0.2) is 31.7 Å². The molecule has 0 radical (unpaired) electrons. The topological polar surface area (TPSA) is 92.4 Å². The van der Waals surface area contributed by atoms with Gasteiger partial charge in [-0.2, -0.15) is 0 Å². The van der Waals surface area contributed by atoms with Gasteiger partial charge in [-0.25, -0.2) is 14.6 Å². The quantitative estimate of drug-likeness (QED) is 0.511. The molecule has 3 aromatic rings. The minimum Gasteiger partial charge on any atom is -1.00 e. The van der Waals surface area contributed by atoms with Crippen molar-refractivity contribution in [3.8, 4) is 11.1 Å². The zero-order valence-electron chi connectivity index (χ0n) is 17.9. The Kier molecular flexibility index (Phi) is 9.27. The van der Waals surface area contributed by atoms with Crippen LogP contribution >= 0.6 is 11.6 Å². The first-order valence-electron chi connectivity index (χ1n) is 9.32. The molecule has 152 valence electrons. The van der Waals surface area contributed by atoms with Crippen LogP contribution in [0.5, 0.6) is 0 Å². The van der Waals surface area contributed by atoms with Crippen molar-refractivity contribution >= 4 is 23.5 Å². The molecule has 0 amide bonds. The molecule has 3 rings (SSSR count). The Morgan fingerprint density at radius 1 is 1.07 bits per heavy atom. The van der Waals surface area contributed by atoms with Crippen molar-refractivity contribution in [3.05, 3.63) is 76.3 Å². The third-order valence-electron chi connectivity index (χ3n) is 4.72. The number of carboxylic acids is 2. The van der Waals surface area contributed by atoms with Crippen LogP contribution in [0.15, 0.2) is 48.5 Å². The van der Waals surface area contributed by atoms with Crippen LogP contribution in [0.3, 0.4) is 0 Å². The third-order valence-corrected chi connectivity index (χ3v) is 4.99. The molecule has 2 aromatic carbocycles. The van der Waals surface area contributed by atoms with Gasteiger partial charge >= 0.3 is 63.3 Å². The number of carbonyl (C=O) groups is 2. The van der Waals surface area contributed by atoms with Gasteiger partial charge in [-0.3, -0.25) is 0 Å². The average molecular weight is 453 g/mol. The number of halogens is 1. The summed E-state index contributed by atoms with van der Waals surface area (Å²) in [5.41, 5.74) is 2.50. The molecule has 0 bridgehead atoms. The number of aromatic carboxylic acids is 2. The van der Waals surface area contributed by atoms with Gasteiger partial charge in [0, 0.05) is 13.0 Å². The molecule has 1 heterocycles. The Hall–Kier alpha value is -1.48. The summed E-state index contributed by atoms with van der Waals surface area (Å²) in [5.74, 6) is -1.45. The molecule has 0 saturated heterocycles. The van der Waals surface area contributed by atoms with Crippen molar-refractivity contribution in [1.29, 1.82) is 0 Å². The van der Waals surface area contributed by atoms with Crippen molar-refractivity contribution in [2.45, 2.75) is 32.7 Å². The van der Waals surface area contributed by atoms with Crippen molar-refractivity contribution < 1.29 is 72.6 Å². The molecule has 1 aromatic heterocycles. The molecule has 30 heavy (non-hydrogen) atoms. The fourth-order valence-electron chi connectivity index (χ4n) is 3.26. The van der Waals surface area contributed by atoms with Crippen LogP contribution in [0.1, 0.15) is 53.4 Å². The van der Waals surface area contributed by atoms with Gasteiger partial charge in [-0.05, 0) is 29.2 Å². The van der Waals surface area contributed by atoms with Gasteiger partial charge in [0.05, 0.1) is 5.56 Å². The summed E-state index contributed by atoms with van der Waals surface area (Å²) < 4.78 is 1.64. The number of nitrogens with zero attached hydrogens (tertiary/aromatic N) is 2. The van der Waals surface area contributed by atoms with Crippen LogP contribution in [0.2, 0.25) is 5.15 Å². The van der Waals surface area contributed by atoms with Gasteiger partial charge in [0.25, 0.3) is 0 Å². The summed E-state index contributed by atoms with van der Waals surface area (Å²) >= 11 is 6.07. The molecule has 6 nitrogen and oxygen atoms in total. The van der Waals surface area contributed by atoms with E-state index in [2.05, 4.69) is 11.9 Å². The second-order valence-corrected chi connectivity index (χ2v) is 7.07. The van der Waals surface area contributed by atoms with E-state index in [0.717, 1.165) is 24.0 Å². The van der Waals surface area contributed by atoms with E-state index in [1.54, 1.807) is 28.8 Å². The molecule has 2 N–H and O–H groups in total. The van der Waals surface area contributed by atoms with Gasteiger partial charge in [0.2, 0.25) is 0 Å². The third kappa shape index (κ3) is 5.60. The number of aromatic nitrogens is 2. The number of aryl methyl sites for hydroxylation is 1. The summed E-state index contributed by atoms with van der Waals surface area (Å²) in [6, 6.07) is 14.2. The number of unbranched alkanes of at least 4 members (excludes halogenated alkanes) is 1. The molecule has 0 spiro atoms. The molecule has 0 saturated carbocycles. The van der Waals surface area contributed by atoms with E-state index in [-0.39, 0.29) is 69.2 Å². The molecule has 0 aliphatic heterocycles. The molecule has 0 fully saturated rings. The molecular weight excluding hydrogens is 431 g/mol. The van der Waals surface area contributed by atoms with E-state index < -0.39 is 11.9 Å². The van der Waals surface area contributed by atoms with E-state index in [1.807, 2.05) is 24.3 Å². The maximum absolute atomic E-state index is 11.7. The number of imidazole rings is 1. The first kappa shape index (κ1) is 24.8. The predicted molar refractivity (Wildman–Crippen MR) is 112 cm³/mol. The predicted octanol–water partition coefficient (Wildman–Crippen LogP) is 2.11. The van der Waals surface area contributed by atoms with E-state index in [9.17, 15) is 19.8 Å². The van der Waals surface area contributed by atoms with Gasteiger partial charge in [-0.1, -0.05) is 67.4 Å². The number of carboxylic acid groups (broad SMARTS) is 2. The fraction of sp³-hybridized carbons (Fsp3) is 0.227. The van der Waals surface area contributed by atoms with Crippen LogP contribution < -0.4 is 51.4 Å². The second kappa shape index (κ2) is 11.2. The zero-order valence-corrected chi connectivity index (χ0v) is 20.8. The van der Waals surface area contributed by atoms with Crippen molar-refractivity contribution in [2.24, 2.45) is 0 Å². The van der Waals surface area contributed by atoms with Gasteiger partial charge < -0.3 is 16.2 Å². The molecule has 0 atom stereocenters. The molecule has 0 unspecified atom stereocenters. The first-order valence-corrected chi connectivity index (χ1v) is 9.70.